The normalized spacial score (nSPS) is 27.2. The van der Waals surface area contributed by atoms with E-state index in [0.29, 0.717) is 6.17 Å². The van der Waals surface area contributed by atoms with Gasteiger partial charge in [-0.25, -0.2) is 5.32 Å². The van der Waals surface area contributed by atoms with E-state index in [9.17, 15) is 0 Å². The van der Waals surface area contributed by atoms with Gasteiger partial charge in [-0.1, -0.05) is 30.3 Å². The van der Waals surface area contributed by atoms with Gasteiger partial charge in [0.25, 0.3) is 0 Å². The Kier molecular flexibility index (Phi) is 3.93. The number of rotatable bonds is 2. The summed E-state index contributed by atoms with van der Waals surface area (Å²) in [5.41, 5.74) is 1.51. The van der Waals surface area contributed by atoms with Crippen molar-refractivity contribution in [2.24, 2.45) is 0 Å². The predicted octanol–water partition coefficient (Wildman–Crippen LogP) is 1.40. The van der Waals surface area contributed by atoms with Crippen molar-refractivity contribution in [2.75, 3.05) is 32.7 Å². The van der Waals surface area contributed by atoms with Crippen LogP contribution in [0, 0.1) is 0 Å². The molecule has 1 radical (unpaired) electrons. The summed E-state index contributed by atoms with van der Waals surface area (Å²) in [6, 6.07) is 11.0. The van der Waals surface area contributed by atoms with Gasteiger partial charge >= 0.3 is 0 Å². The Bertz CT molecular complexity index is 351. The lowest BCUT2D eigenvalue weighted by Crippen LogP contribution is -2.55. The molecule has 2 fully saturated rings. The Hall–Kier alpha value is -0.900. The van der Waals surface area contributed by atoms with E-state index in [2.05, 4.69) is 40.5 Å². The van der Waals surface area contributed by atoms with Crippen LogP contribution in [0.3, 0.4) is 0 Å². The zero-order chi connectivity index (χ0) is 12.2. The molecule has 2 heterocycles. The number of piperazine rings is 1. The Labute approximate surface area is 110 Å². The van der Waals surface area contributed by atoms with Crippen molar-refractivity contribution < 1.29 is 0 Å². The van der Waals surface area contributed by atoms with E-state index < -0.39 is 0 Å². The van der Waals surface area contributed by atoms with Crippen LogP contribution in [0.2, 0.25) is 0 Å². The summed E-state index contributed by atoms with van der Waals surface area (Å²) >= 11 is 0. The minimum Gasteiger partial charge on any atom is -0.312 e. The summed E-state index contributed by atoms with van der Waals surface area (Å²) in [4.78, 5) is 2.55. The second-order valence-corrected chi connectivity index (χ2v) is 5.31. The molecule has 0 bridgehead atoms. The van der Waals surface area contributed by atoms with Crippen molar-refractivity contribution in [3.05, 3.63) is 35.9 Å². The van der Waals surface area contributed by atoms with Gasteiger partial charge in [0, 0.05) is 32.7 Å². The number of hydrogen-bond acceptors (Lipinski definition) is 2. The maximum atomic E-state index is 4.71. The third kappa shape index (κ3) is 2.74. The highest BCUT2D eigenvalue weighted by Crippen LogP contribution is 2.28. The molecule has 0 spiro atoms. The highest BCUT2D eigenvalue weighted by molar-refractivity contribution is 5.20. The molecule has 0 saturated carbocycles. The SMILES string of the molecule is c1ccc(C2CCN(C3CNCC[N]3)CC2)cc1. The number of nitrogens with zero attached hydrogens (tertiary/aromatic N) is 2. The van der Waals surface area contributed by atoms with E-state index in [1.54, 1.807) is 0 Å². The largest absolute Gasteiger partial charge is 0.312 e. The molecular formula is C15H22N3. The van der Waals surface area contributed by atoms with Crippen LogP contribution in [0.5, 0.6) is 0 Å². The van der Waals surface area contributed by atoms with Crippen LogP contribution in [-0.2, 0) is 0 Å². The molecule has 0 aromatic heterocycles. The van der Waals surface area contributed by atoms with E-state index in [0.717, 1.165) is 25.6 Å². The first-order valence-electron chi connectivity index (χ1n) is 7.10. The minimum absolute atomic E-state index is 0.426. The first kappa shape index (κ1) is 12.2. The molecule has 18 heavy (non-hydrogen) atoms. The summed E-state index contributed by atoms with van der Waals surface area (Å²) in [6.45, 7) is 5.45. The van der Waals surface area contributed by atoms with E-state index in [1.807, 2.05) is 0 Å². The fourth-order valence-corrected chi connectivity index (χ4v) is 3.09. The van der Waals surface area contributed by atoms with Gasteiger partial charge in [0.05, 0.1) is 6.17 Å². The van der Waals surface area contributed by atoms with E-state index in [4.69, 9.17) is 5.32 Å². The fraction of sp³-hybridized carbons (Fsp3) is 0.600. The molecule has 3 rings (SSSR count). The van der Waals surface area contributed by atoms with Crippen molar-refractivity contribution in [1.29, 1.82) is 0 Å². The molecule has 2 saturated heterocycles. The van der Waals surface area contributed by atoms with Gasteiger partial charge in [-0.05, 0) is 24.3 Å². The van der Waals surface area contributed by atoms with Gasteiger partial charge in [-0.2, -0.15) is 0 Å². The van der Waals surface area contributed by atoms with Gasteiger partial charge in [0.1, 0.15) is 0 Å². The molecule has 2 aliphatic heterocycles. The summed E-state index contributed by atoms with van der Waals surface area (Å²) in [6.07, 6.45) is 2.97. The lowest BCUT2D eigenvalue weighted by atomic mass is 9.89. The quantitative estimate of drug-likeness (QED) is 0.852. The Morgan fingerprint density at radius 1 is 1.11 bits per heavy atom. The van der Waals surface area contributed by atoms with Crippen LogP contribution in [0.4, 0.5) is 0 Å². The maximum absolute atomic E-state index is 4.71. The van der Waals surface area contributed by atoms with Crippen molar-refractivity contribution >= 4 is 0 Å². The smallest absolute Gasteiger partial charge is 0.0887 e. The average Bonchev–Trinajstić information content (AvgIpc) is 2.49. The minimum atomic E-state index is 0.426. The van der Waals surface area contributed by atoms with E-state index >= 15 is 0 Å². The number of likely N-dealkylation sites (tertiary alicyclic amines) is 1. The molecule has 3 nitrogen and oxygen atoms in total. The van der Waals surface area contributed by atoms with E-state index in [1.165, 1.54) is 31.5 Å². The van der Waals surface area contributed by atoms with Crippen LogP contribution in [0.1, 0.15) is 24.3 Å². The molecule has 97 valence electrons. The van der Waals surface area contributed by atoms with Crippen LogP contribution in [0.15, 0.2) is 30.3 Å². The zero-order valence-electron chi connectivity index (χ0n) is 10.9. The van der Waals surface area contributed by atoms with Crippen LogP contribution >= 0.6 is 0 Å². The summed E-state index contributed by atoms with van der Waals surface area (Å²) in [5.74, 6) is 0.749. The van der Waals surface area contributed by atoms with Crippen LogP contribution in [0.25, 0.3) is 0 Å². The van der Waals surface area contributed by atoms with Crippen molar-refractivity contribution in [2.45, 2.75) is 24.9 Å². The lowest BCUT2D eigenvalue weighted by molar-refractivity contribution is 0.112. The average molecular weight is 244 g/mol. The zero-order valence-corrected chi connectivity index (χ0v) is 10.9. The number of benzene rings is 1. The summed E-state index contributed by atoms with van der Waals surface area (Å²) < 4.78 is 0. The summed E-state index contributed by atoms with van der Waals surface area (Å²) in [5, 5.41) is 8.15. The summed E-state index contributed by atoms with van der Waals surface area (Å²) in [7, 11) is 0. The highest BCUT2D eigenvalue weighted by Gasteiger charge is 2.26. The van der Waals surface area contributed by atoms with Gasteiger partial charge in [-0.3, -0.25) is 4.90 Å². The molecule has 1 N–H and O–H groups in total. The van der Waals surface area contributed by atoms with Crippen molar-refractivity contribution in [1.82, 2.24) is 15.5 Å². The van der Waals surface area contributed by atoms with Gasteiger partial charge in [0.15, 0.2) is 0 Å². The Balaban J connectivity index is 1.54. The van der Waals surface area contributed by atoms with Gasteiger partial charge in [-0.15, -0.1) is 0 Å². The lowest BCUT2D eigenvalue weighted by Gasteiger charge is -2.39. The predicted molar refractivity (Wildman–Crippen MR) is 73.6 cm³/mol. The van der Waals surface area contributed by atoms with Crippen molar-refractivity contribution in [3.8, 4) is 0 Å². The molecule has 1 atom stereocenters. The molecular weight excluding hydrogens is 222 g/mol. The molecule has 1 aromatic rings. The number of piperidine rings is 1. The maximum Gasteiger partial charge on any atom is 0.0887 e. The standard InChI is InChI=1S/C15H22N3/c1-2-4-13(5-3-1)14-6-10-18(11-7-14)15-12-16-8-9-17-15/h1-5,14-16H,6-12H2. The third-order valence-corrected chi connectivity index (χ3v) is 4.18. The molecule has 2 aliphatic rings. The topological polar surface area (TPSA) is 29.4 Å². The third-order valence-electron chi connectivity index (χ3n) is 4.18. The van der Waals surface area contributed by atoms with Gasteiger partial charge in [0.2, 0.25) is 0 Å². The molecule has 1 aromatic carbocycles. The molecule has 1 unspecified atom stereocenters. The first-order chi connectivity index (χ1) is 8.93. The highest BCUT2D eigenvalue weighted by atomic mass is 15.3. The second-order valence-electron chi connectivity index (χ2n) is 5.31. The second kappa shape index (κ2) is 5.83. The molecule has 0 aliphatic carbocycles. The number of nitrogens with one attached hydrogen (secondary N) is 1. The molecule has 0 amide bonds. The van der Waals surface area contributed by atoms with Crippen molar-refractivity contribution in [3.63, 3.8) is 0 Å². The van der Waals surface area contributed by atoms with E-state index in [-0.39, 0.29) is 0 Å². The molecule has 3 heteroatoms. The first-order valence-corrected chi connectivity index (χ1v) is 7.10. The van der Waals surface area contributed by atoms with Crippen LogP contribution in [-0.4, -0.2) is 43.8 Å². The van der Waals surface area contributed by atoms with Crippen LogP contribution < -0.4 is 10.6 Å². The Morgan fingerprint density at radius 3 is 2.56 bits per heavy atom. The monoisotopic (exact) mass is 244 g/mol. The van der Waals surface area contributed by atoms with Gasteiger partial charge < -0.3 is 5.32 Å². The Morgan fingerprint density at radius 2 is 1.89 bits per heavy atom. The number of hydrogen-bond donors (Lipinski definition) is 1. The fourth-order valence-electron chi connectivity index (χ4n) is 3.09.